The largest absolute Gasteiger partial charge is 0.461 e. The van der Waals surface area contributed by atoms with Crippen molar-refractivity contribution in [3.8, 4) is 5.75 Å². The van der Waals surface area contributed by atoms with Crippen LogP contribution in [0.15, 0.2) is 48.5 Å². The first kappa shape index (κ1) is 21.9. The lowest BCUT2D eigenvalue weighted by Gasteiger charge is -2.41. The second kappa shape index (κ2) is 9.37. The molecular weight excluding hydrogens is 422 g/mol. The molecule has 10 nitrogen and oxygen atoms in total. The normalized spacial score (nSPS) is 26.1. The van der Waals surface area contributed by atoms with E-state index in [4.69, 9.17) is 25.8 Å². The summed E-state index contributed by atoms with van der Waals surface area (Å²) in [6.07, 6.45) is -7.24. The van der Waals surface area contributed by atoms with Crippen LogP contribution in [0.4, 0.5) is 5.69 Å². The molecule has 0 amide bonds. The second-order valence-corrected chi connectivity index (χ2v) is 6.89. The van der Waals surface area contributed by atoms with E-state index in [0.717, 1.165) is 0 Å². The minimum atomic E-state index is -1.63. The van der Waals surface area contributed by atoms with Gasteiger partial charge in [0.2, 0.25) is 6.29 Å². The Morgan fingerprint density at radius 1 is 1.10 bits per heavy atom. The predicted molar refractivity (Wildman–Crippen MR) is 102 cm³/mol. The summed E-state index contributed by atoms with van der Waals surface area (Å²) in [5, 5.41) is 41.1. The quantitative estimate of drug-likeness (QED) is 0.344. The number of hydrogen-bond donors (Lipinski definition) is 3. The molecule has 2 aromatic rings. The number of nitro groups is 1. The molecule has 1 fully saturated rings. The van der Waals surface area contributed by atoms with Crippen molar-refractivity contribution >= 4 is 23.3 Å². The first-order valence-corrected chi connectivity index (χ1v) is 9.18. The van der Waals surface area contributed by atoms with Crippen LogP contribution in [0, 0.1) is 10.1 Å². The summed E-state index contributed by atoms with van der Waals surface area (Å²) in [6.45, 7) is -0.629. The Morgan fingerprint density at radius 3 is 2.30 bits per heavy atom. The van der Waals surface area contributed by atoms with Crippen molar-refractivity contribution in [3.05, 3.63) is 69.2 Å². The number of nitro benzene ring substituents is 1. The Hall–Kier alpha value is -2.76. The van der Waals surface area contributed by atoms with Crippen LogP contribution in [-0.4, -0.2) is 63.5 Å². The van der Waals surface area contributed by atoms with E-state index in [1.807, 2.05) is 0 Å². The van der Waals surface area contributed by atoms with Gasteiger partial charge in [-0.2, -0.15) is 0 Å². The molecule has 11 heteroatoms. The molecule has 1 saturated heterocycles. The van der Waals surface area contributed by atoms with Gasteiger partial charge in [0.15, 0.2) is 6.10 Å². The van der Waals surface area contributed by atoms with Gasteiger partial charge in [0.05, 0.1) is 17.1 Å². The van der Waals surface area contributed by atoms with Gasteiger partial charge in [-0.3, -0.25) is 10.1 Å². The molecular formula is C19H18ClNO9. The highest BCUT2D eigenvalue weighted by atomic mass is 35.5. The average Bonchev–Trinajstić information content (AvgIpc) is 2.74. The number of carbonyl (C=O) groups excluding carboxylic acids is 1. The molecule has 2 aromatic carbocycles. The lowest BCUT2D eigenvalue weighted by Crippen LogP contribution is -2.61. The van der Waals surface area contributed by atoms with Crippen LogP contribution in [0.25, 0.3) is 0 Å². The smallest absolute Gasteiger partial charge is 0.338 e. The van der Waals surface area contributed by atoms with E-state index in [0.29, 0.717) is 5.02 Å². The van der Waals surface area contributed by atoms with Gasteiger partial charge in [-0.25, -0.2) is 4.79 Å². The van der Waals surface area contributed by atoms with Gasteiger partial charge >= 0.3 is 5.97 Å². The average molecular weight is 440 g/mol. The first-order valence-electron chi connectivity index (χ1n) is 8.80. The third-order valence-corrected chi connectivity index (χ3v) is 4.70. The molecule has 160 valence electrons. The Labute approximate surface area is 175 Å². The maximum atomic E-state index is 12.5. The maximum absolute atomic E-state index is 12.5. The highest BCUT2D eigenvalue weighted by molar-refractivity contribution is 6.30. The third-order valence-electron chi connectivity index (χ3n) is 4.45. The summed E-state index contributed by atoms with van der Waals surface area (Å²) < 4.78 is 16.3. The molecule has 1 aliphatic heterocycles. The standard InChI is InChI=1S/C19H18ClNO9/c20-11-3-1-10(2-4-11)18(25)30-17-16(24)15(23)14(9-22)29-19(17)28-13-7-5-12(6-8-13)21(26)27/h1-8,14-17,19,22-24H,9H2/t14-,15+,16+,17-,19-/m1/s1. The van der Waals surface area contributed by atoms with Crippen LogP contribution >= 0.6 is 11.6 Å². The van der Waals surface area contributed by atoms with Crippen molar-refractivity contribution in [2.75, 3.05) is 6.61 Å². The lowest BCUT2D eigenvalue weighted by molar-refractivity contribution is -0.384. The Balaban J connectivity index is 1.81. The molecule has 3 rings (SSSR count). The van der Waals surface area contributed by atoms with Crippen LogP contribution in [0.5, 0.6) is 5.75 Å². The summed E-state index contributed by atoms with van der Waals surface area (Å²) in [5.74, 6) is -0.704. The van der Waals surface area contributed by atoms with Gasteiger partial charge in [-0.1, -0.05) is 11.6 Å². The lowest BCUT2D eigenvalue weighted by atomic mass is 9.99. The van der Waals surface area contributed by atoms with Crippen molar-refractivity contribution in [1.82, 2.24) is 0 Å². The molecule has 0 unspecified atom stereocenters. The first-order chi connectivity index (χ1) is 14.3. The van der Waals surface area contributed by atoms with Crippen molar-refractivity contribution in [1.29, 1.82) is 0 Å². The van der Waals surface area contributed by atoms with Crippen LogP contribution in [0.1, 0.15) is 10.4 Å². The van der Waals surface area contributed by atoms with E-state index < -0.39 is 48.2 Å². The number of nitrogens with zero attached hydrogens (tertiary/aromatic N) is 1. The number of aliphatic hydroxyl groups excluding tert-OH is 3. The zero-order valence-electron chi connectivity index (χ0n) is 15.3. The number of ether oxygens (including phenoxy) is 3. The van der Waals surface area contributed by atoms with Crippen molar-refractivity contribution in [2.45, 2.75) is 30.7 Å². The van der Waals surface area contributed by atoms with Gasteiger partial charge in [-0.15, -0.1) is 0 Å². The fourth-order valence-corrected chi connectivity index (χ4v) is 2.96. The summed E-state index contributed by atoms with van der Waals surface area (Å²) in [4.78, 5) is 22.6. The minimum absolute atomic E-state index is 0.124. The molecule has 0 radical (unpaired) electrons. The van der Waals surface area contributed by atoms with Gasteiger partial charge in [0.1, 0.15) is 24.1 Å². The second-order valence-electron chi connectivity index (χ2n) is 6.45. The molecule has 0 aromatic heterocycles. The minimum Gasteiger partial charge on any atom is -0.461 e. The number of esters is 1. The van der Waals surface area contributed by atoms with E-state index in [-0.39, 0.29) is 17.0 Å². The SMILES string of the molecule is O=C(O[C@H]1[C@H](Oc2ccc([N+](=O)[O-])cc2)O[C@H](CO)[C@H](O)[C@@H]1O)c1ccc(Cl)cc1. The predicted octanol–water partition coefficient (Wildman–Crippen LogP) is 1.29. The van der Waals surface area contributed by atoms with Gasteiger partial charge < -0.3 is 29.5 Å². The molecule has 1 aliphatic rings. The number of hydrogen-bond acceptors (Lipinski definition) is 9. The molecule has 0 saturated carbocycles. The van der Waals surface area contributed by atoms with Crippen LogP contribution in [-0.2, 0) is 9.47 Å². The van der Waals surface area contributed by atoms with Gasteiger partial charge in [0, 0.05) is 17.2 Å². The van der Waals surface area contributed by atoms with Crippen molar-refractivity contribution in [2.24, 2.45) is 0 Å². The van der Waals surface area contributed by atoms with E-state index in [1.165, 1.54) is 48.5 Å². The molecule has 0 aliphatic carbocycles. The Kier molecular flexibility index (Phi) is 6.85. The summed E-state index contributed by atoms with van der Waals surface area (Å²) in [6, 6.07) is 10.8. The van der Waals surface area contributed by atoms with Crippen molar-refractivity contribution < 1.29 is 39.2 Å². The van der Waals surface area contributed by atoms with Crippen LogP contribution < -0.4 is 4.74 Å². The highest BCUT2D eigenvalue weighted by Gasteiger charge is 2.48. The van der Waals surface area contributed by atoms with Crippen LogP contribution in [0.2, 0.25) is 5.02 Å². The fraction of sp³-hybridized carbons (Fsp3) is 0.316. The van der Waals surface area contributed by atoms with Gasteiger partial charge in [0.25, 0.3) is 5.69 Å². The number of rotatable bonds is 6. The number of halogens is 1. The number of non-ortho nitro benzene ring substituents is 1. The monoisotopic (exact) mass is 439 g/mol. The zero-order chi connectivity index (χ0) is 21.8. The summed E-state index contributed by atoms with van der Waals surface area (Å²) in [7, 11) is 0. The summed E-state index contributed by atoms with van der Waals surface area (Å²) in [5.41, 5.74) is -0.0271. The number of aliphatic hydroxyl groups is 3. The molecule has 5 atom stereocenters. The Morgan fingerprint density at radius 2 is 1.73 bits per heavy atom. The van der Waals surface area contributed by atoms with Gasteiger partial charge in [-0.05, 0) is 36.4 Å². The molecule has 3 N–H and O–H groups in total. The van der Waals surface area contributed by atoms with E-state index in [9.17, 15) is 30.2 Å². The fourth-order valence-electron chi connectivity index (χ4n) is 2.83. The van der Waals surface area contributed by atoms with E-state index >= 15 is 0 Å². The van der Waals surface area contributed by atoms with E-state index in [1.54, 1.807) is 0 Å². The van der Waals surface area contributed by atoms with Crippen molar-refractivity contribution in [3.63, 3.8) is 0 Å². The third kappa shape index (κ3) is 4.86. The Bertz CT molecular complexity index is 890. The van der Waals surface area contributed by atoms with E-state index in [2.05, 4.69) is 0 Å². The highest BCUT2D eigenvalue weighted by Crippen LogP contribution is 2.28. The zero-order valence-corrected chi connectivity index (χ0v) is 16.1. The number of benzene rings is 2. The number of carbonyl (C=O) groups is 1. The molecule has 0 bridgehead atoms. The maximum Gasteiger partial charge on any atom is 0.338 e. The topological polar surface area (TPSA) is 149 Å². The van der Waals surface area contributed by atoms with Crippen LogP contribution in [0.3, 0.4) is 0 Å². The molecule has 0 spiro atoms. The molecule has 30 heavy (non-hydrogen) atoms. The summed E-state index contributed by atoms with van der Waals surface area (Å²) >= 11 is 5.80. The molecule has 1 heterocycles.